The Labute approximate surface area is 97.7 Å². The molecule has 1 atom stereocenters. The number of hydrogen-bond donors (Lipinski definition) is 1. The van der Waals surface area contributed by atoms with E-state index in [1.165, 1.54) is 36.2 Å². The summed E-state index contributed by atoms with van der Waals surface area (Å²) in [4.78, 5) is 8.88. The van der Waals surface area contributed by atoms with Crippen molar-refractivity contribution < 1.29 is 0 Å². The highest BCUT2D eigenvalue weighted by molar-refractivity contribution is 5.27. The highest BCUT2D eigenvalue weighted by Gasteiger charge is 2.17. The molecule has 0 radical (unpaired) electrons. The van der Waals surface area contributed by atoms with Gasteiger partial charge in [-0.3, -0.25) is 0 Å². The Bertz CT molecular complexity index is 345. The van der Waals surface area contributed by atoms with Gasteiger partial charge in [0.25, 0.3) is 0 Å². The van der Waals surface area contributed by atoms with Gasteiger partial charge in [0.05, 0.1) is 0 Å². The maximum absolute atomic E-state index is 4.48. The first kappa shape index (κ1) is 11.5. The van der Waals surface area contributed by atoms with Crippen molar-refractivity contribution in [1.29, 1.82) is 0 Å². The van der Waals surface area contributed by atoms with Crippen LogP contribution in [0.3, 0.4) is 0 Å². The molecule has 3 nitrogen and oxygen atoms in total. The average molecular weight is 219 g/mol. The molecule has 2 rings (SSSR count). The molecule has 1 N–H and O–H groups in total. The molecule has 88 valence electrons. The first-order valence-corrected chi connectivity index (χ1v) is 6.34. The molecule has 0 saturated carbocycles. The van der Waals surface area contributed by atoms with E-state index in [1.807, 2.05) is 7.05 Å². The first-order chi connectivity index (χ1) is 7.85. The lowest BCUT2D eigenvalue weighted by molar-refractivity contribution is 0.529. The van der Waals surface area contributed by atoms with E-state index in [-0.39, 0.29) is 0 Å². The summed E-state index contributed by atoms with van der Waals surface area (Å²) < 4.78 is 0. The van der Waals surface area contributed by atoms with Crippen molar-refractivity contribution in [2.24, 2.45) is 0 Å². The van der Waals surface area contributed by atoms with Gasteiger partial charge in [-0.2, -0.15) is 0 Å². The molecule has 1 unspecified atom stereocenters. The van der Waals surface area contributed by atoms with Crippen LogP contribution in [0, 0.1) is 0 Å². The minimum atomic E-state index is 0.543. The molecule has 0 amide bonds. The second-order valence-corrected chi connectivity index (χ2v) is 4.55. The number of fused-ring (bicyclic) bond motifs is 1. The molecule has 1 aromatic heterocycles. The number of nitrogens with zero attached hydrogens (tertiary/aromatic N) is 2. The van der Waals surface area contributed by atoms with Crippen LogP contribution in [-0.2, 0) is 19.3 Å². The zero-order chi connectivity index (χ0) is 11.4. The van der Waals surface area contributed by atoms with Gasteiger partial charge in [0.1, 0.15) is 6.33 Å². The number of likely N-dealkylation sites (N-methyl/N-ethyl adjacent to an activating group) is 1. The number of nitrogens with one attached hydrogen (secondary N) is 1. The standard InChI is InChI=1S/C13H21N3/c1-3-10(14-2)8-13-11-6-4-5-7-12(11)15-9-16-13/h9-10,14H,3-8H2,1-2H3. The van der Waals surface area contributed by atoms with Crippen LogP contribution >= 0.6 is 0 Å². The van der Waals surface area contributed by atoms with Crippen LogP contribution in [0.15, 0.2) is 6.33 Å². The second-order valence-electron chi connectivity index (χ2n) is 4.55. The Balaban J connectivity index is 2.20. The zero-order valence-electron chi connectivity index (χ0n) is 10.3. The lowest BCUT2D eigenvalue weighted by atomic mass is 9.92. The summed E-state index contributed by atoms with van der Waals surface area (Å²) >= 11 is 0. The van der Waals surface area contributed by atoms with E-state index >= 15 is 0 Å². The second kappa shape index (κ2) is 5.39. The lowest BCUT2D eigenvalue weighted by Crippen LogP contribution is -2.28. The molecule has 0 aromatic carbocycles. The van der Waals surface area contributed by atoms with E-state index in [2.05, 4.69) is 22.2 Å². The van der Waals surface area contributed by atoms with Gasteiger partial charge < -0.3 is 5.32 Å². The fraction of sp³-hybridized carbons (Fsp3) is 0.692. The molecule has 1 heterocycles. The van der Waals surface area contributed by atoms with E-state index in [1.54, 1.807) is 6.33 Å². The van der Waals surface area contributed by atoms with Crippen LogP contribution in [-0.4, -0.2) is 23.1 Å². The molecular formula is C13H21N3. The van der Waals surface area contributed by atoms with Gasteiger partial charge in [-0.1, -0.05) is 6.92 Å². The predicted octanol–water partition coefficient (Wildman–Crippen LogP) is 1.90. The van der Waals surface area contributed by atoms with Crippen molar-refractivity contribution >= 4 is 0 Å². The van der Waals surface area contributed by atoms with Crippen molar-refractivity contribution in [3.63, 3.8) is 0 Å². The number of rotatable bonds is 4. The number of aryl methyl sites for hydroxylation is 1. The largest absolute Gasteiger partial charge is 0.317 e. The Morgan fingerprint density at radius 3 is 2.88 bits per heavy atom. The first-order valence-electron chi connectivity index (χ1n) is 6.34. The molecule has 0 fully saturated rings. The minimum Gasteiger partial charge on any atom is -0.317 e. The number of hydrogen-bond acceptors (Lipinski definition) is 3. The molecule has 1 aliphatic rings. The zero-order valence-corrected chi connectivity index (χ0v) is 10.3. The van der Waals surface area contributed by atoms with Crippen LogP contribution in [0.4, 0.5) is 0 Å². The Morgan fingerprint density at radius 2 is 2.12 bits per heavy atom. The molecule has 0 aliphatic heterocycles. The van der Waals surface area contributed by atoms with Crippen molar-refractivity contribution in [3.8, 4) is 0 Å². The molecule has 0 saturated heterocycles. The molecular weight excluding hydrogens is 198 g/mol. The van der Waals surface area contributed by atoms with E-state index < -0.39 is 0 Å². The molecule has 1 aliphatic carbocycles. The third kappa shape index (κ3) is 2.40. The summed E-state index contributed by atoms with van der Waals surface area (Å²) in [5.74, 6) is 0. The monoisotopic (exact) mass is 219 g/mol. The molecule has 0 bridgehead atoms. The third-order valence-corrected chi connectivity index (χ3v) is 3.55. The van der Waals surface area contributed by atoms with Crippen LogP contribution in [0.2, 0.25) is 0 Å². The molecule has 1 aromatic rings. The number of aromatic nitrogens is 2. The summed E-state index contributed by atoms with van der Waals surface area (Å²) in [7, 11) is 2.03. The Morgan fingerprint density at radius 1 is 1.31 bits per heavy atom. The van der Waals surface area contributed by atoms with E-state index in [4.69, 9.17) is 0 Å². The van der Waals surface area contributed by atoms with Gasteiger partial charge >= 0.3 is 0 Å². The maximum atomic E-state index is 4.48. The van der Waals surface area contributed by atoms with E-state index in [0.29, 0.717) is 6.04 Å². The molecule has 3 heteroatoms. The third-order valence-electron chi connectivity index (χ3n) is 3.55. The summed E-state index contributed by atoms with van der Waals surface area (Å²) in [6, 6.07) is 0.543. The minimum absolute atomic E-state index is 0.543. The van der Waals surface area contributed by atoms with Crippen molar-refractivity contribution in [2.75, 3.05) is 7.05 Å². The summed E-state index contributed by atoms with van der Waals surface area (Å²) in [6.07, 6.45) is 8.82. The topological polar surface area (TPSA) is 37.8 Å². The average Bonchev–Trinajstić information content (AvgIpc) is 2.36. The quantitative estimate of drug-likeness (QED) is 0.840. The van der Waals surface area contributed by atoms with Crippen LogP contribution in [0.1, 0.15) is 43.1 Å². The van der Waals surface area contributed by atoms with Crippen LogP contribution < -0.4 is 5.32 Å². The highest BCUT2D eigenvalue weighted by Crippen LogP contribution is 2.22. The van der Waals surface area contributed by atoms with Gasteiger partial charge in [-0.15, -0.1) is 0 Å². The van der Waals surface area contributed by atoms with Gasteiger partial charge in [-0.25, -0.2) is 9.97 Å². The Kier molecular flexibility index (Phi) is 3.88. The highest BCUT2D eigenvalue weighted by atomic mass is 14.9. The van der Waals surface area contributed by atoms with E-state index in [9.17, 15) is 0 Å². The van der Waals surface area contributed by atoms with Crippen molar-refractivity contribution in [3.05, 3.63) is 23.3 Å². The maximum Gasteiger partial charge on any atom is 0.115 e. The Hall–Kier alpha value is -0.960. The lowest BCUT2D eigenvalue weighted by Gasteiger charge is -2.20. The van der Waals surface area contributed by atoms with Gasteiger partial charge in [0.2, 0.25) is 0 Å². The smallest absolute Gasteiger partial charge is 0.115 e. The fourth-order valence-electron chi connectivity index (χ4n) is 2.45. The van der Waals surface area contributed by atoms with Gasteiger partial charge in [0, 0.05) is 23.9 Å². The summed E-state index contributed by atoms with van der Waals surface area (Å²) in [5.41, 5.74) is 4.00. The normalized spacial score (nSPS) is 16.9. The van der Waals surface area contributed by atoms with Crippen LogP contribution in [0.25, 0.3) is 0 Å². The van der Waals surface area contributed by atoms with Crippen molar-refractivity contribution in [2.45, 2.75) is 51.5 Å². The SMILES string of the molecule is CCC(Cc1ncnc2c1CCCC2)NC. The fourth-order valence-corrected chi connectivity index (χ4v) is 2.45. The molecule has 0 spiro atoms. The summed E-state index contributed by atoms with van der Waals surface area (Å²) in [6.45, 7) is 2.22. The van der Waals surface area contributed by atoms with Gasteiger partial charge in [0.15, 0.2) is 0 Å². The van der Waals surface area contributed by atoms with Gasteiger partial charge in [-0.05, 0) is 44.7 Å². The van der Waals surface area contributed by atoms with E-state index in [0.717, 1.165) is 19.3 Å². The molecule has 16 heavy (non-hydrogen) atoms. The predicted molar refractivity (Wildman–Crippen MR) is 65.5 cm³/mol. The van der Waals surface area contributed by atoms with Crippen molar-refractivity contribution in [1.82, 2.24) is 15.3 Å². The summed E-state index contributed by atoms with van der Waals surface area (Å²) in [5, 5.41) is 3.35. The van der Waals surface area contributed by atoms with Crippen LogP contribution in [0.5, 0.6) is 0 Å².